The molecule has 0 radical (unpaired) electrons. The number of halogens is 2. The van der Waals surface area contributed by atoms with Crippen molar-refractivity contribution in [3.8, 4) is 17.6 Å². The number of hydrogen-bond acceptors (Lipinski definition) is 3. The van der Waals surface area contributed by atoms with Crippen molar-refractivity contribution < 1.29 is 9.84 Å². The molecule has 0 saturated carbocycles. The molecular weight excluding hydrogens is 297 g/mol. The molecule has 1 atom stereocenters. The molecule has 1 unspecified atom stereocenters. The van der Waals surface area contributed by atoms with Crippen LogP contribution < -0.4 is 4.74 Å². The van der Waals surface area contributed by atoms with Crippen molar-refractivity contribution >= 4 is 23.2 Å². The lowest BCUT2D eigenvalue weighted by Crippen LogP contribution is -1.97. The van der Waals surface area contributed by atoms with Gasteiger partial charge in [0.2, 0.25) is 0 Å². The maximum Gasteiger partial charge on any atom is 0.147 e. The predicted octanol–water partition coefficient (Wildman–Crippen LogP) is 4.71. The summed E-state index contributed by atoms with van der Waals surface area (Å²) in [5.74, 6) is 0.749. The van der Waals surface area contributed by atoms with E-state index in [2.05, 4.69) is 0 Å². The van der Waals surface area contributed by atoms with E-state index in [9.17, 15) is 5.11 Å². The van der Waals surface area contributed by atoms with Crippen molar-refractivity contribution in [2.45, 2.75) is 13.0 Å². The van der Waals surface area contributed by atoms with Gasteiger partial charge < -0.3 is 9.84 Å². The van der Waals surface area contributed by atoms with Crippen LogP contribution in [0.1, 0.15) is 24.2 Å². The van der Waals surface area contributed by atoms with Gasteiger partial charge in [-0.1, -0.05) is 29.3 Å². The Kier molecular flexibility index (Phi) is 4.51. The molecule has 0 bridgehead atoms. The molecule has 0 aliphatic carbocycles. The molecular formula is C15H11Cl2NO2. The quantitative estimate of drug-likeness (QED) is 0.893. The molecule has 0 aliphatic rings. The first-order valence-corrected chi connectivity index (χ1v) is 6.62. The van der Waals surface area contributed by atoms with Gasteiger partial charge >= 0.3 is 0 Å². The molecule has 1 N–H and O–H groups in total. The molecule has 0 aliphatic heterocycles. The van der Waals surface area contributed by atoms with E-state index in [-0.39, 0.29) is 0 Å². The summed E-state index contributed by atoms with van der Waals surface area (Å²) in [6, 6.07) is 11.7. The van der Waals surface area contributed by atoms with Crippen LogP contribution in [-0.4, -0.2) is 5.11 Å². The van der Waals surface area contributed by atoms with Gasteiger partial charge in [0, 0.05) is 16.7 Å². The molecule has 102 valence electrons. The van der Waals surface area contributed by atoms with Gasteiger partial charge in [-0.25, -0.2) is 0 Å². The third kappa shape index (κ3) is 3.23. The molecule has 5 heteroatoms. The monoisotopic (exact) mass is 307 g/mol. The highest BCUT2D eigenvalue weighted by Gasteiger charge is 2.13. The Morgan fingerprint density at radius 3 is 2.55 bits per heavy atom. The topological polar surface area (TPSA) is 53.2 Å². The smallest absolute Gasteiger partial charge is 0.147 e. The Bertz CT molecular complexity index is 678. The minimum atomic E-state index is -0.726. The maximum absolute atomic E-state index is 9.75. The highest BCUT2D eigenvalue weighted by atomic mass is 35.5. The van der Waals surface area contributed by atoms with Gasteiger partial charge in [-0.15, -0.1) is 0 Å². The normalized spacial score (nSPS) is 11.8. The van der Waals surface area contributed by atoms with Crippen molar-refractivity contribution in [1.29, 1.82) is 5.26 Å². The van der Waals surface area contributed by atoms with E-state index in [0.717, 1.165) is 0 Å². The highest BCUT2D eigenvalue weighted by Crippen LogP contribution is 2.35. The molecule has 0 heterocycles. The first-order chi connectivity index (χ1) is 9.51. The number of hydrogen-bond donors (Lipinski definition) is 1. The second kappa shape index (κ2) is 6.15. The van der Waals surface area contributed by atoms with Crippen LogP contribution in [0, 0.1) is 11.3 Å². The molecule has 0 saturated heterocycles. The number of nitrogens with zero attached hydrogens (tertiary/aromatic N) is 1. The van der Waals surface area contributed by atoms with Crippen molar-refractivity contribution in [3.63, 3.8) is 0 Å². The van der Waals surface area contributed by atoms with Gasteiger partial charge in [0.15, 0.2) is 0 Å². The Hall–Kier alpha value is -1.73. The summed E-state index contributed by atoms with van der Waals surface area (Å²) in [6.07, 6.45) is -0.726. The predicted molar refractivity (Wildman–Crippen MR) is 78.3 cm³/mol. The Morgan fingerprint density at radius 2 is 1.90 bits per heavy atom. The molecule has 3 nitrogen and oxygen atoms in total. The largest absolute Gasteiger partial charge is 0.455 e. The number of aliphatic hydroxyl groups is 1. The summed E-state index contributed by atoms with van der Waals surface area (Å²) in [5.41, 5.74) is 1.00. The van der Waals surface area contributed by atoms with Crippen molar-refractivity contribution in [2.24, 2.45) is 0 Å². The lowest BCUT2D eigenvalue weighted by molar-refractivity contribution is 0.195. The summed E-state index contributed by atoms with van der Waals surface area (Å²) < 4.78 is 5.70. The second-order valence-corrected chi connectivity index (χ2v) is 5.06. The fraction of sp³-hybridized carbons (Fsp3) is 0.133. The lowest BCUT2D eigenvalue weighted by atomic mass is 10.1. The SMILES string of the molecule is CC(O)c1ccc(C#N)cc1Oc1cc(Cl)ccc1Cl. The Morgan fingerprint density at radius 1 is 1.15 bits per heavy atom. The molecule has 2 aromatic carbocycles. The molecule has 2 aromatic rings. The van der Waals surface area contributed by atoms with E-state index in [1.807, 2.05) is 6.07 Å². The molecule has 20 heavy (non-hydrogen) atoms. The standard InChI is InChI=1S/C15H11Cl2NO2/c1-9(19)12-4-2-10(8-18)6-14(12)20-15-7-11(16)3-5-13(15)17/h2-7,9,19H,1H3. The Labute approximate surface area is 126 Å². The summed E-state index contributed by atoms with van der Waals surface area (Å²) in [5, 5.41) is 19.6. The van der Waals surface area contributed by atoms with Gasteiger partial charge in [0.05, 0.1) is 22.8 Å². The highest BCUT2D eigenvalue weighted by molar-refractivity contribution is 6.34. The van der Waals surface area contributed by atoms with Crippen LogP contribution in [0.3, 0.4) is 0 Å². The molecule has 0 aromatic heterocycles. The van der Waals surface area contributed by atoms with Crippen LogP contribution in [0.2, 0.25) is 10.0 Å². The summed E-state index contributed by atoms with van der Waals surface area (Å²) in [6.45, 7) is 1.62. The van der Waals surface area contributed by atoms with E-state index in [1.54, 1.807) is 43.3 Å². The first-order valence-electron chi connectivity index (χ1n) is 5.86. The van der Waals surface area contributed by atoms with Crippen LogP contribution in [0.4, 0.5) is 0 Å². The maximum atomic E-state index is 9.75. The van der Waals surface area contributed by atoms with E-state index in [1.165, 1.54) is 0 Å². The summed E-state index contributed by atoms with van der Waals surface area (Å²) in [4.78, 5) is 0. The van der Waals surface area contributed by atoms with Crippen LogP contribution in [0.5, 0.6) is 11.5 Å². The van der Waals surface area contributed by atoms with E-state index < -0.39 is 6.10 Å². The second-order valence-electron chi connectivity index (χ2n) is 4.22. The fourth-order valence-corrected chi connectivity index (χ4v) is 2.03. The zero-order valence-electron chi connectivity index (χ0n) is 10.6. The van der Waals surface area contributed by atoms with E-state index >= 15 is 0 Å². The van der Waals surface area contributed by atoms with E-state index in [0.29, 0.717) is 32.7 Å². The Balaban J connectivity index is 2.46. The van der Waals surface area contributed by atoms with Gasteiger partial charge in [0.1, 0.15) is 11.5 Å². The van der Waals surface area contributed by atoms with Gasteiger partial charge in [-0.3, -0.25) is 0 Å². The van der Waals surface area contributed by atoms with Gasteiger partial charge in [-0.05, 0) is 31.2 Å². The number of aliphatic hydroxyl groups excluding tert-OH is 1. The van der Waals surface area contributed by atoms with Crippen LogP contribution >= 0.6 is 23.2 Å². The number of ether oxygens (including phenoxy) is 1. The molecule has 0 spiro atoms. The lowest BCUT2D eigenvalue weighted by Gasteiger charge is -2.14. The third-order valence-electron chi connectivity index (χ3n) is 2.71. The van der Waals surface area contributed by atoms with E-state index in [4.69, 9.17) is 33.2 Å². The van der Waals surface area contributed by atoms with Crippen LogP contribution in [0.25, 0.3) is 0 Å². The molecule has 2 rings (SSSR count). The summed E-state index contributed by atoms with van der Waals surface area (Å²) >= 11 is 11.9. The van der Waals surface area contributed by atoms with Gasteiger partial charge in [0.25, 0.3) is 0 Å². The average Bonchev–Trinajstić information content (AvgIpc) is 2.42. The van der Waals surface area contributed by atoms with Gasteiger partial charge in [-0.2, -0.15) is 5.26 Å². The van der Waals surface area contributed by atoms with Crippen LogP contribution in [0.15, 0.2) is 36.4 Å². The third-order valence-corrected chi connectivity index (χ3v) is 3.25. The zero-order chi connectivity index (χ0) is 14.7. The summed E-state index contributed by atoms with van der Waals surface area (Å²) in [7, 11) is 0. The number of rotatable bonds is 3. The number of nitriles is 1. The minimum absolute atomic E-state index is 0.371. The zero-order valence-corrected chi connectivity index (χ0v) is 12.1. The minimum Gasteiger partial charge on any atom is -0.455 e. The van der Waals surface area contributed by atoms with Crippen LogP contribution in [-0.2, 0) is 0 Å². The number of benzene rings is 2. The van der Waals surface area contributed by atoms with Crippen molar-refractivity contribution in [3.05, 3.63) is 57.6 Å². The molecule has 0 amide bonds. The van der Waals surface area contributed by atoms with Crippen molar-refractivity contribution in [1.82, 2.24) is 0 Å². The fourth-order valence-electron chi connectivity index (χ4n) is 1.71. The average molecular weight is 308 g/mol. The first kappa shape index (κ1) is 14.7. The van der Waals surface area contributed by atoms with Crippen molar-refractivity contribution in [2.75, 3.05) is 0 Å². The molecule has 0 fully saturated rings.